The maximum atomic E-state index is 13.7. The summed E-state index contributed by atoms with van der Waals surface area (Å²) in [7, 11) is 0. The number of rotatable bonds is 3. The van der Waals surface area contributed by atoms with Crippen LogP contribution in [0.3, 0.4) is 0 Å². The predicted molar refractivity (Wildman–Crippen MR) is 106 cm³/mol. The van der Waals surface area contributed by atoms with Crippen LogP contribution in [0.4, 0.5) is 4.39 Å². The summed E-state index contributed by atoms with van der Waals surface area (Å²) in [5, 5.41) is 0.662. The highest BCUT2D eigenvalue weighted by atomic mass is 32.1. The summed E-state index contributed by atoms with van der Waals surface area (Å²) in [4.78, 5) is 34.2. The molecular formula is C21H21FN2O3S. The van der Waals surface area contributed by atoms with E-state index in [0.717, 1.165) is 30.9 Å². The Morgan fingerprint density at radius 1 is 1.43 bits per heavy atom. The number of hydrogen-bond donors (Lipinski definition) is 1. The molecule has 0 bridgehead atoms. The van der Waals surface area contributed by atoms with Crippen molar-refractivity contribution >= 4 is 27.5 Å². The lowest BCUT2D eigenvalue weighted by Gasteiger charge is -2.17. The van der Waals surface area contributed by atoms with Gasteiger partial charge < -0.3 is 9.72 Å². The van der Waals surface area contributed by atoms with Gasteiger partial charge in [0.05, 0.1) is 10.9 Å². The summed E-state index contributed by atoms with van der Waals surface area (Å²) in [5.74, 6) is -0.221. The van der Waals surface area contributed by atoms with Crippen LogP contribution < -0.4 is 5.56 Å². The minimum absolute atomic E-state index is 0.124. The number of hydrogen-bond acceptors (Lipinski definition) is 5. The number of aryl methyl sites for hydroxylation is 2. The van der Waals surface area contributed by atoms with E-state index in [9.17, 15) is 14.0 Å². The third kappa shape index (κ3) is 3.35. The molecule has 146 valence electrons. The molecule has 3 aromatic rings. The number of carbonyl (C=O) groups excluding carboxylic acids is 1. The lowest BCUT2D eigenvalue weighted by atomic mass is 9.89. The van der Waals surface area contributed by atoms with Crippen LogP contribution in [0.2, 0.25) is 0 Å². The Labute approximate surface area is 165 Å². The van der Waals surface area contributed by atoms with Crippen LogP contribution in [-0.4, -0.2) is 15.9 Å². The number of esters is 1. The SMILES string of the molecule is Cc1ccc(C(=O)O[C@@H](C)c2nc3sc4c(c3c(=O)[nH]2)CC[C@H](C)C4)cc1F. The van der Waals surface area contributed by atoms with Gasteiger partial charge in [0.25, 0.3) is 5.56 Å². The van der Waals surface area contributed by atoms with E-state index in [1.165, 1.54) is 17.0 Å². The van der Waals surface area contributed by atoms with Gasteiger partial charge in [-0.1, -0.05) is 13.0 Å². The first-order chi connectivity index (χ1) is 13.3. The average Bonchev–Trinajstić information content (AvgIpc) is 3.01. The Morgan fingerprint density at radius 3 is 2.96 bits per heavy atom. The molecule has 7 heteroatoms. The molecule has 0 radical (unpaired) electrons. The lowest BCUT2D eigenvalue weighted by Crippen LogP contribution is -2.18. The molecule has 0 amide bonds. The fourth-order valence-electron chi connectivity index (χ4n) is 3.56. The first-order valence-electron chi connectivity index (χ1n) is 9.35. The zero-order chi connectivity index (χ0) is 20.0. The standard InChI is InChI=1S/C21H21FN2O3S/c1-10-4-7-14-16(8-10)28-20-17(14)19(25)23-18(24-20)12(3)27-21(26)13-6-5-11(2)15(22)9-13/h5-6,9-10,12H,4,7-8H2,1-3H3,(H,23,24,25)/t10-,12-/m0/s1. The number of nitrogens with one attached hydrogen (secondary N) is 1. The largest absolute Gasteiger partial charge is 0.451 e. The topological polar surface area (TPSA) is 72.0 Å². The molecular weight excluding hydrogens is 379 g/mol. The second-order valence-electron chi connectivity index (χ2n) is 7.49. The van der Waals surface area contributed by atoms with Crippen molar-refractivity contribution in [3.8, 4) is 0 Å². The van der Waals surface area contributed by atoms with Gasteiger partial charge >= 0.3 is 5.97 Å². The molecule has 1 aliphatic carbocycles. The fourth-order valence-corrected chi connectivity index (χ4v) is 4.95. The van der Waals surface area contributed by atoms with Crippen LogP contribution in [-0.2, 0) is 17.6 Å². The van der Waals surface area contributed by atoms with Gasteiger partial charge in [-0.2, -0.15) is 0 Å². The fraction of sp³-hybridized carbons (Fsp3) is 0.381. The van der Waals surface area contributed by atoms with Crippen molar-refractivity contribution < 1.29 is 13.9 Å². The molecule has 5 nitrogen and oxygen atoms in total. The Morgan fingerprint density at radius 2 is 2.21 bits per heavy atom. The van der Waals surface area contributed by atoms with E-state index >= 15 is 0 Å². The van der Waals surface area contributed by atoms with Gasteiger partial charge in [-0.3, -0.25) is 4.79 Å². The summed E-state index contributed by atoms with van der Waals surface area (Å²) < 4.78 is 19.1. The summed E-state index contributed by atoms with van der Waals surface area (Å²) >= 11 is 1.55. The minimum atomic E-state index is -0.757. The normalized spacial score (nSPS) is 17.4. The van der Waals surface area contributed by atoms with Crippen LogP contribution in [0.25, 0.3) is 10.2 Å². The highest BCUT2D eigenvalue weighted by molar-refractivity contribution is 7.18. The van der Waals surface area contributed by atoms with Gasteiger partial charge in [0, 0.05) is 4.88 Å². The van der Waals surface area contributed by atoms with Crippen molar-refractivity contribution in [2.75, 3.05) is 0 Å². The van der Waals surface area contributed by atoms with Crippen molar-refractivity contribution in [1.29, 1.82) is 0 Å². The smallest absolute Gasteiger partial charge is 0.338 e. The average molecular weight is 400 g/mol. The highest BCUT2D eigenvalue weighted by Gasteiger charge is 2.24. The maximum Gasteiger partial charge on any atom is 0.338 e. The zero-order valence-electron chi connectivity index (χ0n) is 16.0. The Hall–Kier alpha value is -2.54. The van der Waals surface area contributed by atoms with Gasteiger partial charge in [-0.15, -0.1) is 11.3 Å². The number of nitrogens with zero attached hydrogens (tertiary/aromatic N) is 1. The molecule has 2 heterocycles. The van der Waals surface area contributed by atoms with Crippen molar-refractivity contribution in [3.63, 3.8) is 0 Å². The molecule has 2 atom stereocenters. The molecule has 2 aromatic heterocycles. The van der Waals surface area contributed by atoms with Crippen LogP contribution in [0.5, 0.6) is 0 Å². The number of aromatic nitrogens is 2. The Bertz CT molecular complexity index is 1130. The molecule has 0 aliphatic heterocycles. The van der Waals surface area contributed by atoms with E-state index in [2.05, 4.69) is 16.9 Å². The number of ether oxygens (including phenoxy) is 1. The molecule has 0 saturated carbocycles. The van der Waals surface area contributed by atoms with Crippen molar-refractivity contribution in [3.05, 3.63) is 61.8 Å². The van der Waals surface area contributed by atoms with Crippen LogP contribution in [0.1, 0.15) is 58.6 Å². The summed E-state index contributed by atoms with van der Waals surface area (Å²) in [5.41, 5.74) is 1.49. The maximum absolute atomic E-state index is 13.7. The van der Waals surface area contributed by atoms with Crippen LogP contribution >= 0.6 is 11.3 Å². The van der Waals surface area contributed by atoms with E-state index in [1.54, 1.807) is 25.2 Å². The number of halogens is 1. The highest BCUT2D eigenvalue weighted by Crippen LogP contribution is 2.36. The number of thiophene rings is 1. The quantitative estimate of drug-likeness (QED) is 0.658. The summed E-state index contributed by atoms with van der Waals surface area (Å²) in [6, 6.07) is 4.19. The van der Waals surface area contributed by atoms with Gasteiger partial charge in [-0.25, -0.2) is 14.2 Å². The Balaban J connectivity index is 1.62. The van der Waals surface area contributed by atoms with E-state index in [-0.39, 0.29) is 11.1 Å². The predicted octanol–water partition coefficient (Wildman–Crippen LogP) is 4.47. The van der Waals surface area contributed by atoms with Crippen LogP contribution in [0, 0.1) is 18.7 Å². The monoisotopic (exact) mass is 400 g/mol. The molecule has 0 saturated heterocycles. The molecule has 0 unspecified atom stereocenters. The van der Waals surface area contributed by atoms with Gasteiger partial charge in [0.15, 0.2) is 11.9 Å². The van der Waals surface area contributed by atoms with Crippen molar-refractivity contribution in [2.24, 2.45) is 5.92 Å². The second-order valence-corrected chi connectivity index (χ2v) is 8.58. The van der Waals surface area contributed by atoms with Gasteiger partial charge in [-0.05, 0) is 62.3 Å². The minimum Gasteiger partial charge on any atom is -0.451 e. The van der Waals surface area contributed by atoms with E-state index < -0.39 is 17.9 Å². The molecule has 1 N–H and O–H groups in total. The molecule has 0 spiro atoms. The molecule has 4 rings (SSSR count). The molecule has 1 aromatic carbocycles. The summed E-state index contributed by atoms with van der Waals surface area (Å²) in [6.07, 6.45) is 2.17. The first-order valence-corrected chi connectivity index (χ1v) is 10.2. The van der Waals surface area contributed by atoms with Crippen molar-refractivity contribution in [2.45, 2.75) is 46.1 Å². The second kappa shape index (κ2) is 7.13. The third-order valence-corrected chi connectivity index (χ3v) is 6.41. The first kappa shape index (κ1) is 18.8. The van der Waals surface area contributed by atoms with E-state index in [0.29, 0.717) is 27.5 Å². The Kier molecular flexibility index (Phi) is 4.79. The van der Waals surface area contributed by atoms with Gasteiger partial charge in [0.1, 0.15) is 10.6 Å². The number of aromatic amines is 1. The number of fused-ring (bicyclic) bond motifs is 3. The third-order valence-electron chi connectivity index (χ3n) is 5.26. The van der Waals surface area contributed by atoms with E-state index in [1.807, 2.05) is 0 Å². The molecule has 1 aliphatic rings. The lowest BCUT2D eigenvalue weighted by molar-refractivity contribution is 0.0319. The molecule has 0 fully saturated rings. The van der Waals surface area contributed by atoms with Gasteiger partial charge in [0.2, 0.25) is 0 Å². The number of carbonyl (C=O) groups is 1. The molecule has 28 heavy (non-hydrogen) atoms. The number of H-pyrrole nitrogens is 1. The van der Waals surface area contributed by atoms with E-state index in [4.69, 9.17) is 4.74 Å². The number of benzene rings is 1. The summed E-state index contributed by atoms with van der Waals surface area (Å²) in [6.45, 7) is 5.48. The van der Waals surface area contributed by atoms with Crippen LogP contribution in [0.15, 0.2) is 23.0 Å². The zero-order valence-corrected chi connectivity index (χ0v) is 16.8. The van der Waals surface area contributed by atoms with Crippen molar-refractivity contribution in [1.82, 2.24) is 9.97 Å².